The van der Waals surface area contributed by atoms with Crippen LogP contribution in [-0.4, -0.2) is 55.7 Å². The summed E-state index contributed by atoms with van der Waals surface area (Å²) < 4.78 is 14.1. The predicted octanol–water partition coefficient (Wildman–Crippen LogP) is 3.93. The van der Waals surface area contributed by atoms with Gasteiger partial charge in [-0.15, -0.1) is 0 Å². The number of anilines is 2. The molecule has 2 aromatic carbocycles. The van der Waals surface area contributed by atoms with E-state index in [0.717, 1.165) is 80.8 Å². The van der Waals surface area contributed by atoms with Crippen molar-refractivity contribution in [3.8, 4) is 0 Å². The number of carbonyl (C=O) groups is 1. The van der Waals surface area contributed by atoms with E-state index in [-0.39, 0.29) is 17.6 Å². The number of likely N-dealkylation sites (N-methyl/N-ethyl adjacent to an activating group) is 1. The molecule has 1 atom stereocenters. The molecule has 3 aliphatic rings. The SMILES string of the molecule is CN1CCN(c2ccc(F)cc2C[C@@H]2CCN(c3ccc(C4(O)CCCC4)cc3)C2=O)CC1. The van der Waals surface area contributed by atoms with Crippen LogP contribution >= 0.6 is 0 Å². The van der Waals surface area contributed by atoms with E-state index in [0.29, 0.717) is 13.0 Å². The highest BCUT2D eigenvalue weighted by molar-refractivity contribution is 5.97. The maximum atomic E-state index is 14.1. The zero-order chi connectivity index (χ0) is 23.0. The van der Waals surface area contributed by atoms with Crippen molar-refractivity contribution in [2.45, 2.75) is 44.1 Å². The zero-order valence-electron chi connectivity index (χ0n) is 19.5. The molecule has 1 N–H and O–H groups in total. The number of amides is 1. The molecule has 5 rings (SSSR count). The quantitative estimate of drug-likeness (QED) is 0.748. The molecule has 2 heterocycles. The lowest BCUT2D eigenvalue weighted by Gasteiger charge is -2.35. The number of aliphatic hydroxyl groups is 1. The Balaban J connectivity index is 1.30. The maximum absolute atomic E-state index is 14.1. The molecule has 5 nitrogen and oxygen atoms in total. The molecule has 0 unspecified atom stereocenters. The Morgan fingerprint density at radius 2 is 1.70 bits per heavy atom. The molecule has 0 bridgehead atoms. The van der Waals surface area contributed by atoms with Gasteiger partial charge in [0.2, 0.25) is 5.91 Å². The Morgan fingerprint density at radius 1 is 1.00 bits per heavy atom. The third-order valence-electron chi connectivity index (χ3n) is 7.82. The van der Waals surface area contributed by atoms with Gasteiger partial charge >= 0.3 is 0 Å². The Hall–Kier alpha value is -2.44. The third-order valence-corrected chi connectivity index (χ3v) is 7.82. The zero-order valence-corrected chi connectivity index (χ0v) is 19.5. The molecule has 1 saturated carbocycles. The van der Waals surface area contributed by atoms with Crippen molar-refractivity contribution in [3.05, 3.63) is 59.4 Å². The molecule has 2 aromatic rings. The Morgan fingerprint density at radius 3 is 2.39 bits per heavy atom. The summed E-state index contributed by atoms with van der Waals surface area (Å²) in [5.41, 5.74) is 3.10. The number of nitrogens with zero attached hydrogens (tertiary/aromatic N) is 3. The monoisotopic (exact) mass is 451 g/mol. The number of hydrogen-bond acceptors (Lipinski definition) is 4. The lowest BCUT2D eigenvalue weighted by atomic mass is 9.92. The minimum atomic E-state index is -0.715. The average Bonchev–Trinajstić information content (AvgIpc) is 3.42. The van der Waals surface area contributed by atoms with Crippen molar-refractivity contribution in [2.24, 2.45) is 5.92 Å². The fourth-order valence-corrected chi connectivity index (χ4v) is 5.72. The van der Waals surface area contributed by atoms with Gasteiger partial charge in [0.1, 0.15) is 5.82 Å². The second kappa shape index (κ2) is 9.07. The summed E-state index contributed by atoms with van der Waals surface area (Å²) in [5.74, 6) is -0.279. The van der Waals surface area contributed by atoms with E-state index in [4.69, 9.17) is 0 Å². The van der Waals surface area contributed by atoms with Crippen LogP contribution in [0.3, 0.4) is 0 Å². The minimum absolute atomic E-state index is 0.107. The van der Waals surface area contributed by atoms with Gasteiger partial charge in [-0.25, -0.2) is 4.39 Å². The smallest absolute Gasteiger partial charge is 0.230 e. The molecule has 176 valence electrons. The van der Waals surface area contributed by atoms with Crippen LogP contribution in [0.25, 0.3) is 0 Å². The summed E-state index contributed by atoms with van der Waals surface area (Å²) in [5, 5.41) is 10.8. The van der Waals surface area contributed by atoms with Crippen molar-refractivity contribution in [1.82, 2.24) is 4.90 Å². The maximum Gasteiger partial charge on any atom is 0.230 e. The average molecular weight is 452 g/mol. The predicted molar refractivity (Wildman–Crippen MR) is 129 cm³/mol. The van der Waals surface area contributed by atoms with Crippen molar-refractivity contribution in [1.29, 1.82) is 0 Å². The first-order chi connectivity index (χ1) is 15.9. The molecule has 6 heteroatoms. The lowest BCUT2D eigenvalue weighted by molar-refractivity contribution is -0.120. The first kappa shape index (κ1) is 22.4. The molecule has 0 aromatic heterocycles. The lowest BCUT2D eigenvalue weighted by Crippen LogP contribution is -2.44. The van der Waals surface area contributed by atoms with E-state index in [9.17, 15) is 14.3 Å². The summed E-state index contributed by atoms with van der Waals surface area (Å²) in [6, 6.07) is 12.9. The fraction of sp³-hybridized carbons (Fsp3) is 0.519. The Bertz CT molecular complexity index is 995. The fourth-order valence-electron chi connectivity index (χ4n) is 5.72. The van der Waals surface area contributed by atoms with Crippen molar-refractivity contribution >= 4 is 17.3 Å². The molecule has 0 spiro atoms. The second-order valence-corrected chi connectivity index (χ2v) is 10.0. The first-order valence-corrected chi connectivity index (χ1v) is 12.3. The molecule has 1 amide bonds. The van der Waals surface area contributed by atoms with Crippen molar-refractivity contribution < 1.29 is 14.3 Å². The van der Waals surface area contributed by atoms with Gasteiger partial charge in [0.05, 0.1) is 5.60 Å². The summed E-state index contributed by atoms with van der Waals surface area (Å²) >= 11 is 0. The molecule has 2 saturated heterocycles. The minimum Gasteiger partial charge on any atom is -0.385 e. The number of hydrogen-bond donors (Lipinski definition) is 1. The number of benzene rings is 2. The normalized spacial score (nSPS) is 23.5. The molecule has 0 radical (unpaired) electrons. The van der Waals surface area contributed by atoms with Crippen LogP contribution < -0.4 is 9.80 Å². The van der Waals surface area contributed by atoms with Crippen molar-refractivity contribution in [2.75, 3.05) is 49.6 Å². The van der Waals surface area contributed by atoms with Crippen LogP contribution in [0.15, 0.2) is 42.5 Å². The standard InChI is InChI=1S/C27H34FN3O2/c1-29-14-16-30(17-15-29)25-9-6-23(28)19-21(25)18-20-10-13-31(26(20)32)24-7-4-22(5-8-24)27(33)11-2-3-12-27/h4-9,19-20,33H,2-3,10-18H2,1H3/t20-/m0/s1. The number of piperazine rings is 1. The van der Waals surface area contributed by atoms with E-state index in [2.05, 4.69) is 16.8 Å². The summed E-state index contributed by atoms with van der Waals surface area (Å²) in [4.78, 5) is 19.8. The van der Waals surface area contributed by atoms with Crippen LogP contribution in [0.4, 0.5) is 15.8 Å². The van der Waals surface area contributed by atoms with E-state index in [1.165, 1.54) is 6.07 Å². The molecule has 2 aliphatic heterocycles. The van der Waals surface area contributed by atoms with Gasteiger partial charge in [-0.2, -0.15) is 0 Å². The molecule has 1 aliphatic carbocycles. The van der Waals surface area contributed by atoms with Gasteiger partial charge in [0, 0.05) is 50.0 Å². The van der Waals surface area contributed by atoms with Gasteiger partial charge in [-0.05, 0) is 74.2 Å². The highest BCUT2D eigenvalue weighted by atomic mass is 19.1. The Kier molecular flexibility index (Phi) is 6.14. The largest absolute Gasteiger partial charge is 0.385 e. The van der Waals surface area contributed by atoms with Crippen LogP contribution in [0, 0.1) is 11.7 Å². The molecular weight excluding hydrogens is 417 g/mol. The summed E-state index contributed by atoms with van der Waals surface area (Å²) in [6.07, 6.45) is 5.05. The molecule has 3 fully saturated rings. The van der Waals surface area contributed by atoms with E-state index in [1.54, 1.807) is 6.07 Å². The van der Waals surface area contributed by atoms with Crippen molar-refractivity contribution in [3.63, 3.8) is 0 Å². The third kappa shape index (κ3) is 4.51. The van der Waals surface area contributed by atoms with Gasteiger partial charge in [0.25, 0.3) is 0 Å². The van der Waals surface area contributed by atoms with Gasteiger partial charge in [-0.3, -0.25) is 4.79 Å². The van der Waals surface area contributed by atoms with Crippen LogP contribution in [-0.2, 0) is 16.8 Å². The highest BCUT2D eigenvalue weighted by Crippen LogP contribution is 2.39. The van der Waals surface area contributed by atoms with Crippen LogP contribution in [0.1, 0.15) is 43.2 Å². The second-order valence-electron chi connectivity index (χ2n) is 10.0. The van der Waals surface area contributed by atoms with Crippen LogP contribution in [0.5, 0.6) is 0 Å². The van der Waals surface area contributed by atoms with Crippen LogP contribution in [0.2, 0.25) is 0 Å². The topological polar surface area (TPSA) is 47.0 Å². The summed E-state index contributed by atoms with van der Waals surface area (Å²) in [6.45, 7) is 4.47. The summed E-state index contributed by atoms with van der Waals surface area (Å²) in [7, 11) is 2.12. The van der Waals surface area contributed by atoms with Gasteiger partial charge in [0.15, 0.2) is 0 Å². The Labute approximate surface area is 195 Å². The number of rotatable bonds is 5. The van der Waals surface area contributed by atoms with Gasteiger partial charge in [-0.1, -0.05) is 25.0 Å². The highest BCUT2D eigenvalue weighted by Gasteiger charge is 2.35. The molecular formula is C27H34FN3O2. The molecule has 33 heavy (non-hydrogen) atoms. The van der Waals surface area contributed by atoms with E-state index < -0.39 is 5.60 Å². The van der Waals surface area contributed by atoms with Gasteiger partial charge < -0.3 is 19.8 Å². The van der Waals surface area contributed by atoms with E-state index >= 15 is 0 Å². The first-order valence-electron chi connectivity index (χ1n) is 12.3. The van der Waals surface area contributed by atoms with E-state index in [1.807, 2.05) is 35.2 Å². The number of carbonyl (C=O) groups excluding carboxylic acids is 1. The number of halogens is 1.